The molecule has 3 N–H and O–H groups in total. The molecule has 0 radical (unpaired) electrons. The Kier molecular flexibility index (Phi) is 4.09. The Morgan fingerprint density at radius 1 is 1.30 bits per heavy atom. The molecule has 8 atom stereocenters. The zero-order chi connectivity index (χ0) is 21.7. The van der Waals surface area contributed by atoms with E-state index in [-0.39, 0.29) is 48.6 Å². The first kappa shape index (κ1) is 20.4. The fourth-order valence-corrected chi connectivity index (χ4v) is 7.92. The molecule has 2 spiro atoms. The van der Waals surface area contributed by atoms with Crippen LogP contribution in [0.1, 0.15) is 39.5 Å². The van der Waals surface area contributed by atoms with Gasteiger partial charge in [0.25, 0.3) is 0 Å². The van der Waals surface area contributed by atoms with Crippen LogP contribution in [0.25, 0.3) is 0 Å². The Hall–Kier alpha value is -1.54. The van der Waals surface area contributed by atoms with E-state index in [1.54, 1.807) is 0 Å². The van der Waals surface area contributed by atoms with Crippen LogP contribution in [0.4, 0.5) is 0 Å². The number of ether oxygens (including phenoxy) is 2. The lowest BCUT2D eigenvalue weighted by atomic mass is 9.37. The molecule has 0 aromatic heterocycles. The van der Waals surface area contributed by atoms with Crippen LogP contribution in [0.2, 0.25) is 0 Å². The topological polar surface area (TPSA) is 113 Å². The minimum absolute atomic E-state index is 0.214. The monoisotopic (exact) mass is 418 g/mol. The molecule has 2 heterocycles. The summed E-state index contributed by atoms with van der Waals surface area (Å²) in [6.07, 6.45) is 3.79. The average Bonchev–Trinajstić information content (AvgIpc) is 2.77. The molecule has 0 aromatic rings. The number of rotatable bonds is 4. The first-order chi connectivity index (χ1) is 14.1. The lowest BCUT2D eigenvalue weighted by molar-refractivity contribution is -0.447. The molecule has 2 saturated heterocycles. The van der Waals surface area contributed by atoms with Gasteiger partial charge in [0.05, 0.1) is 25.7 Å². The van der Waals surface area contributed by atoms with E-state index in [2.05, 4.69) is 32.6 Å². The molecule has 0 amide bonds. The summed E-state index contributed by atoms with van der Waals surface area (Å²) in [6.45, 7) is 8.23. The van der Waals surface area contributed by atoms with Crippen molar-refractivity contribution >= 4 is 11.8 Å². The van der Waals surface area contributed by atoms with Crippen LogP contribution in [-0.2, 0) is 19.1 Å². The number of carboxylic acid groups (broad SMARTS) is 1. The summed E-state index contributed by atoms with van der Waals surface area (Å²) in [5, 5.41) is 32.4. The van der Waals surface area contributed by atoms with Gasteiger partial charge in [0.15, 0.2) is 5.78 Å². The third kappa shape index (κ3) is 2.01. The number of carboxylic acids is 1. The summed E-state index contributed by atoms with van der Waals surface area (Å²) < 4.78 is 12.4. The van der Waals surface area contributed by atoms with Gasteiger partial charge in [0.1, 0.15) is 11.5 Å². The summed E-state index contributed by atoms with van der Waals surface area (Å²) in [5.41, 5.74) is -1.98. The fourth-order valence-electron chi connectivity index (χ4n) is 7.92. The highest BCUT2D eigenvalue weighted by Gasteiger charge is 2.86. The molecular weight excluding hydrogens is 388 g/mol. The lowest BCUT2D eigenvalue weighted by Gasteiger charge is -2.73. The third-order valence-electron chi connectivity index (χ3n) is 8.87. The maximum atomic E-state index is 13.8. The van der Waals surface area contributed by atoms with E-state index in [1.807, 2.05) is 0 Å². The molecule has 30 heavy (non-hydrogen) atoms. The van der Waals surface area contributed by atoms with E-state index < -0.39 is 34.8 Å². The van der Waals surface area contributed by atoms with Crippen molar-refractivity contribution in [2.24, 2.45) is 34.0 Å². The number of Topliss-reactive ketones (excluding diaryl/α,β-unsaturated/α-hetero) is 1. The molecule has 0 aromatic carbocycles. The number of aliphatic hydroxyl groups excluding tert-OH is 2. The highest BCUT2D eigenvalue weighted by molar-refractivity contribution is 6.05. The Balaban J connectivity index is 1.74. The smallest absolute Gasteiger partial charge is 0.305 e. The van der Waals surface area contributed by atoms with Crippen LogP contribution in [0, 0.1) is 34.0 Å². The fraction of sp³-hybridized carbons (Fsp3) is 0.739. The molecule has 4 bridgehead atoms. The molecule has 164 valence electrons. The van der Waals surface area contributed by atoms with Crippen molar-refractivity contribution < 1.29 is 34.4 Å². The van der Waals surface area contributed by atoms with E-state index in [0.717, 1.165) is 6.42 Å². The van der Waals surface area contributed by atoms with Crippen molar-refractivity contribution in [2.45, 2.75) is 57.5 Å². The molecule has 6 aliphatic rings. The predicted molar refractivity (Wildman–Crippen MR) is 105 cm³/mol. The minimum Gasteiger partial charge on any atom is -0.481 e. The van der Waals surface area contributed by atoms with Crippen molar-refractivity contribution in [1.82, 2.24) is 0 Å². The van der Waals surface area contributed by atoms with Gasteiger partial charge in [-0.15, -0.1) is 0 Å². The van der Waals surface area contributed by atoms with Crippen molar-refractivity contribution in [2.75, 3.05) is 13.2 Å². The largest absolute Gasteiger partial charge is 0.481 e. The highest BCUT2D eigenvalue weighted by atomic mass is 16.7. The van der Waals surface area contributed by atoms with Gasteiger partial charge < -0.3 is 24.8 Å². The second-order valence-electron chi connectivity index (χ2n) is 10.5. The first-order valence-electron chi connectivity index (χ1n) is 10.8. The second kappa shape index (κ2) is 6.03. The normalized spacial score (nSPS) is 50.3. The number of carbonyl (C=O) groups excluding carboxylic acids is 1. The van der Waals surface area contributed by atoms with Crippen LogP contribution in [0.15, 0.2) is 24.3 Å². The summed E-state index contributed by atoms with van der Waals surface area (Å²) in [4.78, 5) is 24.9. The molecule has 2 aliphatic heterocycles. The zero-order valence-electron chi connectivity index (χ0n) is 17.5. The molecule has 7 heteroatoms. The van der Waals surface area contributed by atoms with E-state index in [9.17, 15) is 19.8 Å². The number of fused-ring (bicyclic) bond motifs is 2. The lowest BCUT2D eigenvalue weighted by Crippen LogP contribution is -2.83. The zero-order valence-corrected chi connectivity index (χ0v) is 17.5. The van der Waals surface area contributed by atoms with E-state index in [0.29, 0.717) is 18.4 Å². The third-order valence-corrected chi connectivity index (χ3v) is 8.87. The summed E-state index contributed by atoms with van der Waals surface area (Å²) in [7, 11) is 0. The summed E-state index contributed by atoms with van der Waals surface area (Å²) in [6, 6.07) is 0. The van der Waals surface area contributed by atoms with Crippen molar-refractivity contribution in [3.05, 3.63) is 24.3 Å². The molecule has 3 saturated carbocycles. The quantitative estimate of drug-likeness (QED) is 0.470. The van der Waals surface area contributed by atoms with Crippen LogP contribution in [0.3, 0.4) is 0 Å². The SMILES string of the molecule is C=C1C(=O)C23C(O)C1CCC2C12C=CCC(C)(C)C1C(O)C3(OCCC(=O)O)OC2. The maximum absolute atomic E-state index is 13.8. The van der Waals surface area contributed by atoms with Gasteiger partial charge in [-0.1, -0.05) is 32.6 Å². The molecule has 7 nitrogen and oxygen atoms in total. The van der Waals surface area contributed by atoms with Gasteiger partial charge in [-0.3, -0.25) is 9.59 Å². The number of hydrogen-bond acceptors (Lipinski definition) is 6. The Morgan fingerprint density at radius 3 is 2.73 bits per heavy atom. The van der Waals surface area contributed by atoms with Gasteiger partial charge >= 0.3 is 5.97 Å². The Bertz CT molecular complexity index is 862. The van der Waals surface area contributed by atoms with Crippen LogP contribution >= 0.6 is 0 Å². The highest BCUT2D eigenvalue weighted by Crippen LogP contribution is 2.76. The van der Waals surface area contributed by atoms with Gasteiger partial charge in [-0.2, -0.15) is 0 Å². The Morgan fingerprint density at radius 2 is 2.03 bits per heavy atom. The maximum Gasteiger partial charge on any atom is 0.305 e. The Labute approximate surface area is 175 Å². The first-order valence-corrected chi connectivity index (χ1v) is 10.8. The molecular formula is C23H30O7. The summed E-state index contributed by atoms with van der Waals surface area (Å²) in [5.74, 6) is -4.02. The van der Waals surface area contributed by atoms with Gasteiger partial charge in [-0.05, 0) is 36.2 Å². The molecule has 4 aliphatic carbocycles. The molecule has 8 unspecified atom stereocenters. The molecule has 6 rings (SSSR count). The second-order valence-corrected chi connectivity index (χ2v) is 10.5. The van der Waals surface area contributed by atoms with Crippen LogP contribution in [0.5, 0.6) is 0 Å². The number of carbonyl (C=O) groups is 2. The van der Waals surface area contributed by atoms with Gasteiger partial charge in [0.2, 0.25) is 5.79 Å². The number of allylic oxidation sites excluding steroid dienone is 1. The number of aliphatic carboxylic acids is 1. The standard InChI is InChI=1S/C23H30O7/c1-12-13-5-6-14-21-9-4-8-20(2,3)16(21)19(28)23(30-11-21,29-10-7-15(24)25)22(14,17(12)26)18(13)27/h4,9,13-14,16,18-19,27-28H,1,5-8,10-11H2,2-3H3,(H,24,25). The predicted octanol–water partition coefficient (Wildman–Crippen LogP) is 1.68. The summed E-state index contributed by atoms with van der Waals surface area (Å²) >= 11 is 0. The number of hydrogen-bond donors (Lipinski definition) is 3. The van der Waals surface area contributed by atoms with Crippen molar-refractivity contribution in [3.8, 4) is 0 Å². The van der Waals surface area contributed by atoms with Crippen molar-refractivity contribution in [3.63, 3.8) is 0 Å². The van der Waals surface area contributed by atoms with Crippen molar-refractivity contribution in [1.29, 1.82) is 0 Å². The van der Waals surface area contributed by atoms with E-state index in [1.165, 1.54) is 0 Å². The van der Waals surface area contributed by atoms with Crippen LogP contribution in [-0.4, -0.2) is 58.3 Å². The van der Waals surface area contributed by atoms with Gasteiger partial charge in [0, 0.05) is 17.3 Å². The minimum atomic E-state index is -1.78. The van der Waals surface area contributed by atoms with Gasteiger partial charge in [-0.25, -0.2) is 0 Å². The number of aliphatic hydroxyl groups is 2. The number of ketones is 1. The van der Waals surface area contributed by atoms with E-state index >= 15 is 0 Å². The molecule has 5 fully saturated rings. The van der Waals surface area contributed by atoms with Crippen LogP contribution < -0.4 is 0 Å². The average molecular weight is 418 g/mol. The van der Waals surface area contributed by atoms with E-state index in [4.69, 9.17) is 14.6 Å².